The molecular formula is C13H13BrN2O3S2. The number of sulfonamides is 1. The van der Waals surface area contributed by atoms with E-state index in [-0.39, 0.29) is 6.10 Å². The number of hydrogen-bond acceptors (Lipinski definition) is 5. The summed E-state index contributed by atoms with van der Waals surface area (Å²) in [4.78, 5) is 4.14. The van der Waals surface area contributed by atoms with E-state index >= 15 is 0 Å². The number of halogens is 1. The van der Waals surface area contributed by atoms with Gasteiger partial charge in [0.1, 0.15) is 10.3 Å². The van der Waals surface area contributed by atoms with Crippen LogP contribution in [0.2, 0.25) is 0 Å². The molecule has 0 spiro atoms. The first-order chi connectivity index (χ1) is 10.1. The van der Waals surface area contributed by atoms with Crippen molar-refractivity contribution < 1.29 is 13.2 Å². The number of nitrogens with zero attached hydrogens (tertiary/aromatic N) is 2. The van der Waals surface area contributed by atoms with Gasteiger partial charge in [-0.3, -0.25) is 0 Å². The highest BCUT2D eigenvalue weighted by Gasteiger charge is 2.34. The first-order valence-electron chi connectivity index (χ1n) is 6.38. The van der Waals surface area contributed by atoms with E-state index in [0.717, 1.165) is 4.47 Å². The van der Waals surface area contributed by atoms with E-state index in [1.165, 1.54) is 15.6 Å². The predicted molar refractivity (Wildman–Crippen MR) is 84.0 cm³/mol. The van der Waals surface area contributed by atoms with E-state index in [9.17, 15) is 8.42 Å². The lowest BCUT2D eigenvalue weighted by molar-refractivity contribution is 0.205. The summed E-state index contributed by atoms with van der Waals surface area (Å²) in [6, 6.07) is 7.02. The molecule has 1 aliphatic heterocycles. The van der Waals surface area contributed by atoms with Gasteiger partial charge < -0.3 is 4.74 Å². The van der Waals surface area contributed by atoms with E-state index in [0.29, 0.717) is 29.6 Å². The van der Waals surface area contributed by atoms with Gasteiger partial charge in [-0.15, -0.1) is 11.3 Å². The maximum atomic E-state index is 12.4. The van der Waals surface area contributed by atoms with Gasteiger partial charge in [-0.05, 0) is 45.9 Å². The number of ether oxygens (including phenoxy) is 1. The second-order valence-corrected chi connectivity index (χ2v) is 8.58. The van der Waals surface area contributed by atoms with Gasteiger partial charge in [0.05, 0.1) is 11.0 Å². The lowest BCUT2D eigenvalue weighted by Crippen LogP contribution is -2.30. The Morgan fingerprint density at radius 3 is 2.95 bits per heavy atom. The third-order valence-electron chi connectivity index (χ3n) is 3.20. The van der Waals surface area contributed by atoms with Gasteiger partial charge in [-0.1, -0.05) is 6.07 Å². The fraction of sp³-hybridized carbons (Fsp3) is 0.308. The van der Waals surface area contributed by atoms with E-state index < -0.39 is 10.0 Å². The highest BCUT2D eigenvalue weighted by atomic mass is 79.9. The van der Waals surface area contributed by atoms with Crippen LogP contribution in [-0.2, 0) is 10.0 Å². The highest BCUT2D eigenvalue weighted by molar-refractivity contribution is 9.10. The second kappa shape index (κ2) is 6.04. The van der Waals surface area contributed by atoms with Crippen LogP contribution in [0.25, 0.3) is 0 Å². The summed E-state index contributed by atoms with van der Waals surface area (Å²) < 4.78 is 33.2. The molecule has 0 N–H and O–H groups in total. The molecule has 8 heteroatoms. The molecule has 21 heavy (non-hydrogen) atoms. The normalized spacial score (nSPS) is 19.8. The molecule has 3 heterocycles. The first-order valence-corrected chi connectivity index (χ1v) is 9.49. The van der Waals surface area contributed by atoms with Crippen LogP contribution in [0.3, 0.4) is 0 Å². The van der Waals surface area contributed by atoms with Crippen LogP contribution >= 0.6 is 27.3 Å². The van der Waals surface area contributed by atoms with Crippen molar-refractivity contribution in [2.45, 2.75) is 16.7 Å². The zero-order chi connectivity index (χ0) is 14.9. The molecule has 1 atom stereocenters. The Morgan fingerprint density at radius 2 is 2.24 bits per heavy atom. The van der Waals surface area contributed by atoms with Crippen LogP contribution in [0.15, 0.2) is 44.5 Å². The molecule has 0 amide bonds. The molecule has 0 aromatic carbocycles. The molecule has 1 fully saturated rings. The molecule has 0 unspecified atom stereocenters. The van der Waals surface area contributed by atoms with Gasteiger partial charge in [0.2, 0.25) is 5.88 Å². The smallest absolute Gasteiger partial charge is 0.252 e. The summed E-state index contributed by atoms with van der Waals surface area (Å²) in [6.07, 6.45) is 2.13. The van der Waals surface area contributed by atoms with E-state index in [1.54, 1.807) is 29.8 Å². The molecule has 0 radical (unpaired) electrons. The quantitative estimate of drug-likeness (QED) is 0.807. The Balaban J connectivity index is 1.70. The number of thiophene rings is 1. The van der Waals surface area contributed by atoms with E-state index in [1.807, 2.05) is 6.07 Å². The maximum absolute atomic E-state index is 12.4. The predicted octanol–water partition coefficient (Wildman–Crippen LogP) is 2.75. The average Bonchev–Trinajstić information content (AvgIpc) is 3.12. The van der Waals surface area contributed by atoms with Crippen molar-refractivity contribution >= 4 is 37.3 Å². The molecule has 2 aromatic heterocycles. The van der Waals surface area contributed by atoms with Gasteiger partial charge in [0, 0.05) is 12.7 Å². The molecule has 5 nitrogen and oxygen atoms in total. The lowest BCUT2D eigenvalue weighted by Gasteiger charge is -2.16. The van der Waals surface area contributed by atoms with Crippen LogP contribution in [0.4, 0.5) is 0 Å². The van der Waals surface area contributed by atoms with Gasteiger partial charge in [-0.2, -0.15) is 4.31 Å². The molecule has 1 aliphatic rings. The third-order valence-corrected chi connectivity index (χ3v) is 7.04. The van der Waals surface area contributed by atoms with Crippen LogP contribution in [0.1, 0.15) is 6.42 Å². The molecule has 0 aliphatic carbocycles. The highest BCUT2D eigenvalue weighted by Crippen LogP contribution is 2.28. The molecule has 0 saturated carbocycles. The zero-order valence-corrected chi connectivity index (χ0v) is 14.2. The largest absolute Gasteiger partial charge is 0.472 e. The van der Waals surface area contributed by atoms with Gasteiger partial charge in [0.25, 0.3) is 10.0 Å². The van der Waals surface area contributed by atoms with Gasteiger partial charge in [-0.25, -0.2) is 13.4 Å². The summed E-state index contributed by atoms with van der Waals surface area (Å²) in [6.45, 7) is 0.818. The maximum Gasteiger partial charge on any atom is 0.252 e. The SMILES string of the molecule is O=S(=O)(c1cccs1)N1CC[C@H](Oc2ncccc2Br)C1. The Kier molecular flexibility index (Phi) is 4.30. The van der Waals surface area contributed by atoms with Crippen molar-refractivity contribution in [3.8, 4) is 5.88 Å². The van der Waals surface area contributed by atoms with Crippen molar-refractivity contribution in [2.75, 3.05) is 13.1 Å². The summed E-state index contributed by atoms with van der Waals surface area (Å²) >= 11 is 4.61. The molecule has 1 saturated heterocycles. The number of hydrogen-bond donors (Lipinski definition) is 0. The Hall–Kier alpha value is -0.960. The van der Waals surface area contributed by atoms with Crippen molar-refractivity contribution in [1.82, 2.24) is 9.29 Å². The summed E-state index contributed by atoms with van der Waals surface area (Å²) in [5.41, 5.74) is 0. The summed E-state index contributed by atoms with van der Waals surface area (Å²) in [7, 11) is -3.39. The molecule has 3 rings (SSSR count). The molecule has 2 aromatic rings. The zero-order valence-electron chi connectivity index (χ0n) is 11.0. The minimum absolute atomic E-state index is 0.175. The Morgan fingerprint density at radius 1 is 1.38 bits per heavy atom. The number of aromatic nitrogens is 1. The lowest BCUT2D eigenvalue weighted by atomic mass is 10.3. The fourth-order valence-electron chi connectivity index (χ4n) is 2.17. The second-order valence-electron chi connectivity index (χ2n) is 4.61. The fourth-order valence-corrected chi connectivity index (χ4v) is 5.14. The first kappa shape index (κ1) is 15.0. The van der Waals surface area contributed by atoms with Crippen molar-refractivity contribution in [3.63, 3.8) is 0 Å². The van der Waals surface area contributed by atoms with Crippen LogP contribution < -0.4 is 4.74 Å². The standard InChI is InChI=1S/C13H13BrN2O3S2/c14-11-3-1-6-15-13(11)19-10-5-7-16(9-10)21(17,18)12-4-2-8-20-12/h1-4,6,8,10H,5,7,9H2/t10-/m0/s1. The van der Waals surface area contributed by atoms with Crippen LogP contribution in [0, 0.1) is 0 Å². The molecule has 0 bridgehead atoms. The minimum atomic E-state index is -3.39. The Bertz CT molecular complexity index is 719. The molecule has 112 valence electrons. The van der Waals surface area contributed by atoms with E-state index in [2.05, 4.69) is 20.9 Å². The van der Waals surface area contributed by atoms with Crippen LogP contribution in [0.5, 0.6) is 5.88 Å². The van der Waals surface area contributed by atoms with Crippen molar-refractivity contribution in [2.24, 2.45) is 0 Å². The van der Waals surface area contributed by atoms with E-state index in [4.69, 9.17) is 4.74 Å². The average molecular weight is 389 g/mol. The minimum Gasteiger partial charge on any atom is -0.472 e. The Labute approximate surface area is 135 Å². The third kappa shape index (κ3) is 3.13. The number of pyridine rings is 1. The van der Waals surface area contributed by atoms with Crippen molar-refractivity contribution in [3.05, 3.63) is 40.3 Å². The summed E-state index contributed by atoms with van der Waals surface area (Å²) in [5, 5.41) is 1.77. The van der Waals surface area contributed by atoms with Gasteiger partial charge >= 0.3 is 0 Å². The number of rotatable bonds is 4. The van der Waals surface area contributed by atoms with Gasteiger partial charge in [0.15, 0.2) is 0 Å². The van der Waals surface area contributed by atoms with Crippen molar-refractivity contribution in [1.29, 1.82) is 0 Å². The summed E-state index contributed by atoms with van der Waals surface area (Å²) in [5.74, 6) is 0.498. The topological polar surface area (TPSA) is 59.5 Å². The van der Waals surface area contributed by atoms with Crippen LogP contribution in [-0.4, -0.2) is 36.9 Å². The monoisotopic (exact) mass is 388 g/mol. The molecular weight excluding hydrogens is 376 g/mol.